The van der Waals surface area contributed by atoms with E-state index in [9.17, 15) is 10.2 Å². The SMILES string of the molecule is CN1CCC[C@H]1CCN(Cc1ccc(O)cc1)Cc1cccc(O)c1. The number of hydrogen-bond acceptors (Lipinski definition) is 4. The standard InChI is InChI=1S/C21H28N2O2/c1-22-12-3-5-19(22)11-13-23(15-17-7-9-20(24)10-8-17)16-18-4-2-6-21(25)14-18/h2,4,6-10,14,19,24-25H,3,5,11-13,15-16H2,1H3/t19-/m0/s1. The Morgan fingerprint density at radius 1 is 1.00 bits per heavy atom. The van der Waals surface area contributed by atoms with Gasteiger partial charge in [-0.3, -0.25) is 4.90 Å². The predicted molar refractivity (Wildman–Crippen MR) is 101 cm³/mol. The monoisotopic (exact) mass is 340 g/mol. The fourth-order valence-electron chi connectivity index (χ4n) is 3.66. The molecule has 1 heterocycles. The molecule has 25 heavy (non-hydrogen) atoms. The van der Waals surface area contributed by atoms with Crippen LogP contribution in [0.2, 0.25) is 0 Å². The minimum atomic E-state index is 0.302. The molecule has 2 N–H and O–H groups in total. The lowest BCUT2D eigenvalue weighted by Crippen LogP contribution is -2.31. The third-order valence-corrected chi connectivity index (χ3v) is 5.11. The predicted octanol–water partition coefficient (Wildman–Crippen LogP) is 3.58. The van der Waals surface area contributed by atoms with Gasteiger partial charge in [-0.2, -0.15) is 0 Å². The molecule has 4 heteroatoms. The Morgan fingerprint density at radius 3 is 2.44 bits per heavy atom. The van der Waals surface area contributed by atoms with E-state index in [0.29, 0.717) is 17.5 Å². The Balaban J connectivity index is 1.66. The number of nitrogens with zero attached hydrogens (tertiary/aromatic N) is 2. The van der Waals surface area contributed by atoms with Gasteiger partial charge in [0.05, 0.1) is 0 Å². The van der Waals surface area contributed by atoms with E-state index in [-0.39, 0.29) is 0 Å². The quantitative estimate of drug-likeness (QED) is 0.809. The van der Waals surface area contributed by atoms with Gasteiger partial charge in [0.25, 0.3) is 0 Å². The molecule has 0 unspecified atom stereocenters. The minimum absolute atomic E-state index is 0.302. The summed E-state index contributed by atoms with van der Waals surface area (Å²) >= 11 is 0. The summed E-state index contributed by atoms with van der Waals surface area (Å²) in [6, 6.07) is 15.6. The molecule has 0 radical (unpaired) electrons. The number of rotatable bonds is 7. The van der Waals surface area contributed by atoms with Crippen LogP contribution in [-0.4, -0.2) is 46.2 Å². The molecule has 0 amide bonds. The molecule has 1 aliphatic rings. The van der Waals surface area contributed by atoms with Crippen LogP contribution in [0.25, 0.3) is 0 Å². The molecule has 1 aliphatic heterocycles. The van der Waals surface area contributed by atoms with Crippen molar-refractivity contribution in [1.29, 1.82) is 0 Å². The van der Waals surface area contributed by atoms with Crippen LogP contribution in [0.5, 0.6) is 11.5 Å². The molecule has 1 fully saturated rings. The van der Waals surface area contributed by atoms with Crippen LogP contribution >= 0.6 is 0 Å². The van der Waals surface area contributed by atoms with Gasteiger partial charge in [-0.25, -0.2) is 0 Å². The summed E-state index contributed by atoms with van der Waals surface area (Å²) in [4.78, 5) is 4.89. The third-order valence-electron chi connectivity index (χ3n) is 5.11. The van der Waals surface area contributed by atoms with Crippen molar-refractivity contribution in [3.63, 3.8) is 0 Å². The van der Waals surface area contributed by atoms with Crippen molar-refractivity contribution in [3.8, 4) is 11.5 Å². The highest BCUT2D eigenvalue weighted by Crippen LogP contribution is 2.21. The molecule has 4 nitrogen and oxygen atoms in total. The first-order chi connectivity index (χ1) is 12.1. The molecule has 0 aliphatic carbocycles. The second kappa shape index (κ2) is 8.37. The summed E-state index contributed by atoms with van der Waals surface area (Å²) in [5.41, 5.74) is 2.32. The first-order valence-electron chi connectivity index (χ1n) is 9.08. The van der Waals surface area contributed by atoms with Crippen LogP contribution in [0.3, 0.4) is 0 Å². The van der Waals surface area contributed by atoms with Gasteiger partial charge >= 0.3 is 0 Å². The van der Waals surface area contributed by atoms with Gasteiger partial charge in [0.2, 0.25) is 0 Å². The van der Waals surface area contributed by atoms with Crippen LogP contribution in [0.15, 0.2) is 48.5 Å². The molecule has 1 atom stereocenters. The topological polar surface area (TPSA) is 46.9 Å². The zero-order valence-corrected chi connectivity index (χ0v) is 14.9. The number of benzene rings is 2. The van der Waals surface area contributed by atoms with E-state index >= 15 is 0 Å². The van der Waals surface area contributed by atoms with Crippen molar-refractivity contribution in [2.24, 2.45) is 0 Å². The Hall–Kier alpha value is -2.04. The van der Waals surface area contributed by atoms with Gasteiger partial charge in [0.15, 0.2) is 0 Å². The van der Waals surface area contributed by atoms with E-state index in [1.54, 1.807) is 18.2 Å². The smallest absolute Gasteiger partial charge is 0.115 e. The van der Waals surface area contributed by atoms with E-state index in [4.69, 9.17) is 0 Å². The number of hydrogen-bond donors (Lipinski definition) is 2. The number of aromatic hydroxyl groups is 2. The van der Waals surface area contributed by atoms with Crippen molar-refractivity contribution < 1.29 is 10.2 Å². The fourth-order valence-corrected chi connectivity index (χ4v) is 3.66. The summed E-state index contributed by atoms with van der Waals surface area (Å²) in [6.45, 7) is 3.87. The summed E-state index contributed by atoms with van der Waals surface area (Å²) in [5.74, 6) is 0.619. The van der Waals surface area contributed by atoms with E-state index in [1.165, 1.54) is 24.9 Å². The lowest BCUT2D eigenvalue weighted by Gasteiger charge is -2.26. The summed E-state index contributed by atoms with van der Waals surface area (Å²) in [6.07, 6.45) is 3.74. The molecule has 2 aromatic carbocycles. The van der Waals surface area contributed by atoms with Crippen molar-refractivity contribution >= 4 is 0 Å². The van der Waals surface area contributed by atoms with Gasteiger partial charge in [-0.1, -0.05) is 24.3 Å². The second-order valence-electron chi connectivity index (χ2n) is 7.11. The summed E-state index contributed by atoms with van der Waals surface area (Å²) in [7, 11) is 2.22. The van der Waals surface area contributed by atoms with Gasteiger partial charge in [0, 0.05) is 25.7 Å². The van der Waals surface area contributed by atoms with Crippen molar-refractivity contribution in [2.45, 2.75) is 38.4 Å². The molecule has 3 rings (SSSR count). The van der Waals surface area contributed by atoms with E-state index in [2.05, 4.69) is 22.9 Å². The normalized spacial score (nSPS) is 18.1. The number of phenolic OH excluding ortho intramolecular Hbond substituents is 2. The average Bonchev–Trinajstić information content (AvgIpc) is 3.00. The number of likely N-dealkylation sites (tertiary alicyclic amines) is 1. The first kappa shape index (κ1) is 17.8. The minimum Gasteiger partial charge on any atom is -0.508 e. The van der Waals surface area contributed by atoms with Crippen LogP contribution in [0, 0.1) is 0 Å². The molecule has 0 bridgehead atoms. The van der Waals surface area contributed by atoms with Crippen LogP contribution in [0.1, 0.15) is 30.4 Å². The zero-order valence-electron chi connectivity index (χ0n) is 14.9. The maximum absolute atomic E-state index is 9.73. The van der Waals surface area contributed by atoms with Gasteiger partial charge in [-0.15, -0.1) is 0 Å². The molecular formula is C21H28N2O2. The average molecular weight is 340 g/mol. The molecule has 134 valence electrons. The van der Waals surface area contributed by atoms with Crippen LogP contribution in [0.4, 0.5) is 0 Å². The van der Waals surface area contributed by atoms with Crippen molar-refractivity contribution in [2.75, 3.05) is 20.1 Å². The molecule has 1 saturated heterocycles. The molecule has 0 saturated carbocycles. The summed E-state index contributed by atoms with van der Waals surface area (Å²) in [5, 5.41) is 19.2. The third kappa shape index (κ3) is 5.21. The van der Waals surface area contributed by atoms with Gasteiger partial charge < -0.3 is 15.1 Å². The lowest BCUT2D eigenvalue weighted by atomic mass is 10.1. The van der Waals surface area contributed by atoms with Crippen LogP contribution in [-0.2, 0) is 13.1 Å². The van der Waals surface area contributed by atoms with E-state index in [0.717, 1.165) is 31.6 Å². The van der Waals surface area contributed by atoms with Gasteiger partial charge in [-0.05, 0) is 68.2 Å². The van der Waals surface area contributed by atoms with E-state index in [1.807, 2.05) is 24.3 Å². The maximum atomic E-state index is 9.73. The highest BCUT2D eigenvalue weighted by atomic mass is 16.3. The summed E-state index contributed by atoms with van der Waals surface area (Å²) < 4.78 is 0. The fraction of sp³-hybridized carbons (Fsp3) is 0.429. The maximum Gasteiger partial charge on any atom is 0.115 e. The Labute approximate surface area is 150 Å². The number of phenols is 2. The Bertz CT molecular complexity index is 672. The second-order valence-corrected chi connectivity index (χ2v) is 7.11. The lowest BCUT2D eigenvalue weighted by molar-refractivity contribution is 0.211. The molecule has 2 aromatic rings. The van der Waals surface area contributed by atoms with E-state index < -0.39 is 0 Å². The highest BCUT2D eigenvalue weighted by molar-refractivity contribution is 5.28. The Morgan fingerprint density at radius 2 is 1.76 bits per heavy atom. The highest BCUT2D eigenvalue weighted by Gasteiger charge is 2.21. The zero-order chi connectivity index (χ0) is 17.6. The molecule has 0 spiro atoms. The van der Waals surface area contributed by atoms with Gasteiger partial charge in [0.1, 0.15) is 11.5 Å². The molecule has 0 aromatic heterocycles. The van der Waals surface area contributed by atoms with Crippen LogP contribution < -0.4 is 0 Å². The van der Waals surface area contributed by atoms with Crippen molar-refractivity contribution in [1.82, 2.24) is 9.80 Å². The molecular weight excluding hydrogens is 312 g/mol. The first-order valence-corrected chi connectivity index (χ1v) is 9.08. The Kier molecular flexibility index (Phi) is 5.95. The largest absolute Gasteiger partial charge is 0.508 e. The van der Waals surface area contributed by atoms with Crippen molar-refractivity contribution in [3.05, 3.63) is 59.7 Å².